The van der Waals surface area contributed by atoms with Gasteiger partial charge in [-0.2, -0.15) is 0 Å². The third kappa shape index (κ3) is 5.39. The van der Waals surface area contributed by atoms with Gasteiger partial charge in [0.25, 0.3) is 0 Å². The first-order valence-corrected chi connectivity index (χ1v) is 10.4. The summed E-state index contributed by atoms with van der Waals surface area (Å²) < 4.78 is 7.81. The average Bonchev–Trinajstić information content (AvgIpc) is 3.16. The van der Waals surface area contributed by atoms with Crippen molar-refractivity contribution in [3.8, 4) is 5.75 Å². The van der Waals surface area contributed by atoms with E-state index in [2.05, 4.69) is 10.3 Å². The Hall–Kier alpha value is -3.25. The minimum Gasteiger partial charge on any atom is -0.487 e. The van der Waals surface area contributed by atoms with Gasteiger partial charge in [-0.15, -0.1) is 11.8 Å². The molecule has 1 N–H and O–H groups in total. The number of aromatic nitrogens is 2. The van der Waals surface area contributed by atoms with Crippen molar-refractivity contribution in [1.82, 2.24) is 9.38 Å². The molecule has 0 bridgehead atoms. The molecule has 29 heavy (non-hydrogen) atoms. The van der Waals surface area contributed by atoms with Gasteiger partial charge in [0.15, 0.2) is 0 Å². The Labute approximate surface area is 173 Å². The van der Waals surface area contributed by atoms with Crippen LogP contribution in [0.15, 0.2) is 90.1 Å². The number of nitrogens with zero attached hydrogens (tertiary/aromatic N) is 2. The molecular weight excluding hydrogens is 382 g/mol. The largest absolute Gasteiger partial charge is 0.487 e. The van der Waals surface area contributed by atoms with Crippen LogP contribution in [-0.2, 0) is 11.4 Å². The topological polar surface area (TPSA) is 55.6 Å². The molecule has 5 nitrogen and oxygen atoms in total. The van der Waals surface area contributed by atoms with Crippen molar-refractivity contribution in [2.75, 3.05) is 11.1 Å². The first-order chi connectivity index (χ1) is 14.3. The third-order valence-electron chi connectivity index (χ3n) is 4.26. The number of hydrogen-bond acceptors (Lipinski definition) is 4. The Kier molecular flexibility index (Phi) is 6.12. The second-order valence-corrected chi connectivity index (χ2v) is 7.64. The molecule has 1 amide bonds. The highest BCUT2D eigenvalue weighted by molar-refractivity contribution is 7.99. The van der Waals surface area contributed by atoms with E-state index < -0.39 is 0 Å². The summed E-state index contributed by atoms with van der Waals surface area (Å²) >= 11 is 1.68. The number of nitrogens with one attached hydrogen (secondary N) is 1. The van der Waals surface area contributed by atoms with Crippen LogP contribution in [0.1, 0.15) is 12.1 Å². The lowest BCUT2D eigenvalue weighted by atomic mass is 10.3. The minimum atomic E-state index is -0.00840. The highest BCUT2D eigenvalue weighted by atomic mass is 32.2. The lowest BCUT2D eigenvalue weighted by molar-refractivity contribution is -0.115. The summed E-state index contributed by atoms with van der Waals surface area (Å²) in [6, 6.07) is 23.4. The van der Waals surface area contributed by atoms with E-state index in [1.165, 1.54) is 4.90 Å². The van der Waals surface area contributed by atoms with E-state index in [0.29, 0.717) is 18.8 Å². The van der Waals surface area contributed by atoms with Crippen LogP contribution in [-0.4, -0.2) is 21.0 Å². The summed E-state index contributed by atoms with van der Waals surface area (Å²) in [5.74, 6) is 1.42. The number of fused-ring (bicyclic) bond motifs is 1. The number of amides is 1. The molecule has 2 aromatic heterocycles. The van der Waals surface area contributed by atoms with Gasteiger partial charge in [0, 0.05) is 41.2 Å². The molecule has 4 aromatic rings. The number of benzene rings is 2. The fourth-order valence-electron chi connectivity index (χ4n) is 2.88. The second kappa shape index (κ2) is 9.30. The van der Waals surface area contributed by atoms with E-state index in [1.54, 1.807) is 11.8 Å². The van der Waals surface area contributed by atoms with Crippen molar-refractivity contribution >= 4 is 29.0 Å². The summed E-state index contributed by atoms with van der Waals surface area (Å²) in [7, 11) is 0. The zero-order chi connectivity index (χ0) is 19.9. The number of carbonyl (C=O) groups is 1. The van der Waals surface area contributed by atoms with Gasteiger partial charge >= 0.3 is 0 Å². The zero-order valence-electron chi connectivity index (χ0n) is 15.8. The van der Waals surface area contributed by atoms with Gasteiger partial charge in [0.2, 0.25) is 5.91 Å². The Balaban J connectivity index is 1.28. The van der Waals surface area contributed by atoms with Crippen molar-refractivity contribution in [3.63, 3.8) is 0 Å². The van der Waals surface area contributed by atoms with Crippen molar-refractivity contribution in [3.05, 3.63) is 90.9 Å². The summed E-state index contributed by atoms with van der Waals surface area (Å²) in [4.78, 5) is 17.9. The van der Waals surface area contributed by atoms with Gasteiger partial charge in [-0.25, -0.2) is 4.98 Å². The third-order valence-corrected chi connectivity index (χ3v) is 5.27. The van der Waals surface area contributed by atoms with Gasteiger partial charge in [0.1, 0.15) is 18.0 Å². The Morgan fingerprint density at radius 3 is 2.76 bits per heavy atom. The van der Waals surface area contributed by atoms with Gasteiger partial charge in [-0.05, 0) is 36.4 Å². The van der Waals surface area contributed by atoms with Crippen LogP contribution >= 0.6 is 11.8 Å². The molecule has 146 valence electrons. The maximum absolute atomic E-state index is 12.2. The predicted octanol–water partition coefficient (Wildman–Crippen LogP) is 5.03. The molecule has 0 saturated heterocycles. The average molecular weight is 404 g/mol. The molecule has 2 aromatic carbocycles. The highest BCUT2D eigenvalue weighted by Crippen LogP contribution is 2.20. The smallest absolute Gasteiger partial charge is 0.225 e. The van der Waals surface area contributed by atoms with Gasteiger partial charge in [-0.1, -0.05) is 30.3 Å². The van der Waals surface area contributed by atoms with Crippen LogP contribution in [0.2, 0.25) is 0 Å². The van der Waals surface area contributed by atoms with Crippen LogP contribution in [0.3, 0.4) is 0 Å². The minimum absolute atomic E-state index is 0.00840. The Morgan fingerprint density at radius 2 is 1.90 bits per heavy atom. The van der Waals surface area contributed by atoms with Crippen molar-refractivity contribution in [2.45, 2.75) is 17.9 Å². The van der Waals surface area contributed by atoms with E-state index in [0.717, 1.165) is 22.8 Å². The van der Waals surface area contributed by atoms with Crippen LogP contribution in [0.25, 0.3) is 5.65 Å². The monoisotopic (exact) mass is 403 g/mol. The maximum Gasteiger partial charge on any atom is 0.225 e. The number of rotatable bonds is 8. The molecule has 6 heteroatoms. The van der Waals surface area contributed by atoms with E-state index in [1.807, 2.05) is 89.6 Å². The summed E-state index contributed by atoms with van der Waals surface area (Å²) in [6.45, 7) is 0.368. The SMILES string of the molecule is O=C(CCSc1ccccc1)Nc1cccc(OCc2cn3ccccc3n2)c1. The molecule has 0 radical (unpaired) electrons. The predicted molar refractivity (Wildman–Crippen MR) is 116 cm³/mol. The molecule has 0 saturated carbocycles. The van der Waals surface area contributed by atoms with Gasteiger partial charge < -0.3 is 14.5 Å². The highest BCUT2D eigenvalue weighted by Gasteiger charge is 2.06. The van der Waals surface area contributed by atoms with Crippen LogP contribution in [0.5, 0.6) is 5.75 Å². The summed E-state index contributed by atoms with van der Waals surface area (Å²) in [5, 5.41) is 2.94. The molecule has 0 aliphatic rings. The quantitative estimate of drug-likeness (QED) is 0.419. The van der Waals surface area contributed by atoms with E-state index >= 15 is 0 Å². The molecule has 0 atom stereocenters. The number of hydrogen-bond donors (Lipinski definition) is 1. The first-order valence-electron chi connectivity index (χ1n) is 9.39. The fraction of sp³-hybridized carbons (Fsp3) is 0.130. The normalized spacial score (nSPS) is 10.8. The maximum atomic E-state index is 12.2. The van der Waals surface area contributed by atoms with Crippen LogP contribution < -0.4 is 10.1 Å². The molecule has 2 heterocycles. The molecule has 4 rings (SSSR count). The number of imidazole rings is 1. The Morgan fingerprint density at radius 1 is 1.03 bits per heavy atom. The number of ether oxygens (including phenoxy) is 1. The lowest BCUT2D eigenvalue weighted by Crippen LogP contribution is -2.12. The Bertz CT molecular complexity index is 1060. The zero-order valence-corrected chi connectivity index (χ0v) is 16.6. The molecular formula is C23H21N3O2S. The van der Waals surface area contributed by atoms with Gasteiger partial charge in [-0.3, -0.25) is 4.79 Å². The molecule has 0 spiro atoms. The lowest BCUT2D eigenvalue weighted by Gasteiger charge is -2.08. The fourth-order valence-corrected chi connectivity index (χ4v) is 3.75. The first kappa shape index (κ1) is 19.1. The number of pyridine rings is 1. The van der Waals surface area contributed by atoms with E-state index in [9.17, 15) is 4.79 Å². The van der Waals surface area contributed by atoms with E-state index in [-0.39, 0.29) is 5.91 Å². The van der Waals surface area contributed by atoms with Crippen LogP contribution in [0, 0.1) is 0 Å². The van der Waals surface area contributed by atoms with Crippen molar-refractivity contribution in [1.29, 1.82) is 0 Å². The van der Waals surface area contributed by atoms with Crippen LogP contribution in [0.4, 0.5) is 5.69 Å². The summed E-state index contributed by atoms with van der Waals surface area (Å²) in [5.41, 5.74) is 2.47. The van der Waals surface area contributed by atoms with Gasteiger partial charge in [0.05, 0.1) is 5.69 Å². The molecule has 0 unspecified atom stereocenters. The van der Waals surface area contributed by atoms with Crippen molar-refractivity contribution in [2.24, 2.45) is 0 Å². The second-order valence-electron chi connectivity index (χ2n) is 6.47. The standard InChI is InChI=1S/C23H21N3O2S/c27-23(12-14-29-21-9-2-1-3-10-21)25-18-7-6-8-20(15-18)28-17-19-16-26-13-5-4-11-22(26)24-19/h1-11,13,15-16H,12,14,17H2,(H,25,27). The molecule has 0 aliphatic carbocycles. The van der Waals surface area contributed by atoms with E-state index in [4.69, 9.17) is 4.74 Å². The van der Waals surface area contributed by atoms with Crippen molar-refractivity contribution < 1.29 is 9.53 Å². The number of thioether (sulfide) groups is 1. The number of carbonyl (C=O) groups excluding carboxylic acids is 1. The summed E-state index contributed by atoms with van der Waals surface area (Å²) in [6.07, 6.45) is 4.36. The molecule has 0 fully saturated rings. The number of anilines is 1. The molecule has 0 aliphatic heterocycles.